The third-order valence-corrected chi connectivity index (χ3v) is 2.42. The van der Waals surface area contributed by atoms with Crippen molar-refractivity contribution in [3.05, 3.63) is 30.0 Å². The Labute approximate surface area is 91.5 Å². The Bertz CT molecular complexity index is 533. The van der Waals surface area contributed by atoms with Gasteiger partial charge in [-0.1, -0.05) is 0 Å². The van der Waals surface area contributed by atoms with Gasteiger partial charge in [0, 0.05) is 23.7 Å². The van der Waals surface area contributed by atoms with Gasteiger partial charge < -0.3 is 20.9 Å². The number of nitrogens with one attached hydrogen (secondary N) is 1. The van der Waals surface area contributed by atoms with E-state index in [9.17, 15) is 9.90 Å². The highest BCUT2D eigenvalue weighted by atomic mass is 16.4. The zero-order valence-electron chi connectivity index (χ0n) is 8.47. The normalized spacial score (nSPS) is 12.8. The number of carboxylic acid groups (broad SMARTS) is 1. The Morgan fingerprint density at radius 1 is 1.44 bits per heavy atom. The molecule has 16 heavy (non-hydrogen) atoms. The molecule has 2 aromatic rings. The number of aromatic nitrogens is 1. The van der Waals surface area contributed by atoms with Gasteiger partial charge in [-0.05, 0) is 23.6 Å². The molecule has 0 aliphatic heterocycles. The average Bonchev–Trinajstić information content (AvgIpc) is 2.58. The number of phenolic OH excluding ortho intramolecular Hbond substituents is 1. The maximum Gasteiger partial charge on any atom is 0.320 e. The van der Waals surface area contributed by atoms with Crippen molar-refractivity contribution in [3.63, 3.8) is 0 Å². The van der Waals surface area contributed by atoms with E-state index in [1.165, 1.54) is 0 Å². The molecule has 5 nitrogen and oxygen atoms in total. The van der Waals surface area contributed by atoms with Gasteiger partial charge in [0.1, 0.15) is 11.8 Å². The molecule has 0 bridgehead atoms. The van der Waals surface area contributed by atoms with Gasteiger partial charge in [0.15, 0.2) is 0 Å². The lowest BCUT2D eigenvalue weighted by Gasteiger charge is -2.02. The zero-order chi connectivity index (χ0) is 11.7. The van der Waals surface area contributed by atoms with Crippen LogP contribution in [0.2, 0.25) is 0 Å². The molecule has 0 aliphatic rings. The fraction of sp³-hybridized carbons (Fsp3) is 0.182. The number of H-pyrrole nitrogens is 1. The van der Waals surface area contributed by atoms with Crippen LogP contribution >= 0.6 is 0 Å². The Kier molecular flexibility index (Phi) is 2.54. The molecule has 5 N–H and O–H groups in total. The van der Waals surface area contributed by atoms with Crippen molar-refractivity contribution in [1.29, 1.82) is 0 Å². The average molecular weight is 220 g/mol. The summed E-state index contributed by atoms with van der Waals surface area (Å²) in [6, 6.07) is 5.85. The zero-order valence-corrected chi connectivity index (χ0v) is 8.47. The van der Waals surface area contributed by atoms with Crippen LogP contribution in [0.25, 0.3) is 10.9 Å². The number of aliphatic carboxylic acids is 1. The minimum absolute atomic E-state index is 0.170. The van der Waals surface area contributed by atoms with Crippen LogP contribution in [0.1, 0.15) is 5.69 Å². The SMILES string of the molecule is NC(Cc1cc2ccc(O)cc2[nH]1)C(=O)O. The van der Waals surface area contributed by atoms with E-state index in [4.69, 9.17) is 10.8 Å². The summed E-state index contributed by atoms with van der Waals surface area (Å²) in [5.41, 5.74) is 6.95. The lowest BCUT2D eigenvalue weighted by atomic mass is 10.1. The molecular formula is C11H12N2O3. The summed E-state index contributed by atoms with van der Waals surface area (Å²) < 4.78 is 0. The number of benzene rings is 1. The quantitative estimate of drug-likeness (QED) is 0.615. The van der Waals surface area contributed by atoms with E-state index in [1.54, 1.807) is 18.2 Å². The highest BCUT2D eigenvalue weighted by molar-refractivity contribution is 5.82. The van der Waals surface area contributed by atoms with Crippen molar-refractivity contribution >= 4 is 16.9 Å². The number of fused-ring (bicyclic) bond motifs is 1. The predicted octanol–water partition coefficient (Wildman–Crippen LogP) is 0.828. The number of carboxylic acids is 1. The molecule has 2 rings (SSSR count). The van der Waals surface area contributed by atoms with Crippen LogP contribution in [0, 0.1) is 0 Å². The third-order valence-electron chi connectivity index (χ3n) is 2.42. The van der Waals surface area contributed by atoms with E-state index >= 15 is 0 Å². The van der Waals surface area contributed by atoms with Crippen molar-refractivity contribution in [1.82, 2.24) is 4.98 Å². The van der Waals surface area contributed by atoms with Gasteiger partial charge in [0.05, 0.1) is 0 Å². The summed E-state index contributed by atoms with van der Waals surface area (Å²) >= 11 is 0. The van der Waals surface area contributed by atoms with Crippen molar-refractivity contribution in [2.24, 2.45) is 5.73 Å². The van der Waals surface area contributed by atoms with Crippen LogP contribution in [0.3, 0.4) is 0 Å². The molecular weight excluding hydrogens is 208 g/mol. The second-order valence-corrected chi connectivity index (χ2v) is 3.71. The lowest BCUT2D eigenvalue weighted by Crippen LogP contribution is -2.32. The lowest BCUT2D eigenvalue weighted by molar-refractivity contribution is -0.138. The number of hydrogen-bond acceptors (Lipinski definition) is 3. The van der Waals surface area contributed by atoms with Gasteiger partial charge in [0.25, 0.3) is 0 Å². The number of carbonyl (C=O) groups is 1. The summed E-state index contributed by atoms with van der Waals surface area (Å²) in [5, 5.41) is 18.9. The van der Waals surface area contributed by atoms with E-state index in [2.05, 4.69) is 4.98 Å². The van der Waals surface area contributed by atoms with Crippen LogP contribution in [-0.4, -0.2) is 27.2 Å². The van der Waals surface area contributed by atoms with Gasteiger partial charge >= 0.3 is 5.97 Å². The first-order chi connectivity index (χ1) is 7.56. The maximum atomic E-state index is 10.6. The first kappa shape index (κ1) is 10.5. The van der Waals surface area contributed by atoms with E-state index in [1.807, 2.05) is 6.07 Å². The molecule has 1 aromatic heterocycles. The number of rotatable bonds is 3. The Hall–Kier alpha value is -2.01. The molecule has 84 valence electrons. The summed E-state index contributed by atoms with van der Waals surface area (Å²) in [5.74, 6) is -0.857. The van der Waals surface area contributed by atoms with Gasteiger partial charge in [0.2, 0.25) is 0 Å². The van der Waals surface area contributed by atoms with Gasteiger partial charge in [-0.3, -0.25) is 4.79 Å². The third kappa shape index (κ3) is 1.99. The monoisotopic (exact) mass is 220 g/mol. The predicted molar refractivity (Wildman–Crippen MR) is 59.3 cm³/mol. The minimum atomic E-state index is -1.03. The fourth-order valence-corrected chi connectivity index (χ4v) is 1.61. The molecule has 0 saturated carbocycles. The Morgan fingerprint density at radius 2 is 2.19 bits per heavy atom. The molecule has 1 unspecified atom stereocenters. The van der Waals surface area contributed by atoms with Gasteiger partial charge in [-0.25, -0.2) is 0 Å². The second kappa shape index (κ2) is 3.86. The first-order valence-corrected chi connectivity index (χ1v) is 4.85. The van der Waals surface area contributed by atoms with E-state index in [-0.39, 0.29) is 12.2 Å². The van der Waals surface area contributed by atoms with Crippen molar-refractivity contribution < 1.29 is 15.0 Å². The molecule has 0 amide bonds. The molecule has 0 fully saturated rings. The van der Waals surface area contributed by atoms with Crippen LogP contribution in [-0.2, 0) is 11.2 Å². The first-order valence-electron chi connectivity index (χ1n) is 4.85. The van der Waals surface area contributed by atoms with Crippen LogP contribution in [0.15, 0.2) is 24.3 Å². The minimum Gasteiger partial charge on any atom is -0.508 e. The number of phenols is 1. The summed E-state index contributed by atoms with van der Waals surface area (Å²) in [7, 11) is 0. The smallest absolute Gasteiger partial charge is 0.320 e. The summed E-state index contributed by atoms with van der Waals surface area (Å²) in [4.78, 5) is 13.6. The van der Waals surface area contributed by atoms with Gasteiger partial charge in [-0.2, -0.15) is 0 Å². The molecule has 1 aromatic carbocycles. The number of aromatic hydroxyl groups is 1. The standard InChI is InChI=1S/C11H12N2O3/c12-9(11(15)16)4-7-3-6-1-2-8(14)5-10(6)13-7/h1-3,5,9,13-14H,4,12H2,(H,15,16). The Morgan fingerprint density at radius 3 is 2.88 bits per heavy atom. The molecule has 1 atom stereocenters. The highest BCUT2D eigenvalue weighted by Crippen LogP contribution is 2.20. The highest BCUT2D eigenvalue weighted by Gasteiger charge is 2.13. The van der Waals surface area contributed by atoms with Crippen molar-refractivity contribution in [3.8, 4) is 5.75 Å². The molecule has 1 heterocycles. The summed E-state index contributed by atoms with van der Waals surface area (Å²) in [6.45, 7) is 0. The van der Waals surface area contributed by atoms with Crippen molar-refractivity contribution in [2.75, 3.05) is 0 Å². The van der Waals surface area contributed by atoms with E-state index in [0.717, 1.165) is 16.6 Å². The number of nitrogens with two attached hydrogens (primary N) is 1. The Balaban J connectivity index is 2.29. The largest absolute Gasteiger partial charge is 0.508 e. The summed E-state index contributed by atoms with van der Waals surface area (Å²) in [6.07, 6.45) is 0.241. The molecule has 5 heteroatoms. The molecule has 0 saturated heterocycles. The van der Waals surface area contributed by atoms with Crippen LogP contribution < -0.4 is 5.73 Å². The fourth-order valence-electron chi connectivity index (χ4n) is 1.61. The molecule has 0 spiro atoms. The molecule has 0 aliphatic carbocycles. The topological polar surface area (TPSA) is 99.3 Å². The van der Waals surface area contributed by atoms with Crippen LogP contribution in [0.5, 0.6) is 5.75 Å². The van der Waals surface area contributed by atoms with E-state index in [0.29, 0.717) is 0 Å². The van der Waals surface area contributed by atoms with Gasteiger partial charge in [-0.15, -0.1) is 0 Å². The number of hydrogen-bond donors (Lipinski definition) is 4. The van der Waals surface area contributed by atoms with Crippen LogP contribution in [0.4, 0.5) is 0 Å². The second-order valence-electron chi connectivity index (χ2n) is 3.71. The van der Waals surface area contributed by atoms with E-state index < -0.39 is 12.0 Å². The van der Waals surface area contributed by atoms with Crippen molar-refractivity contribution in [2.45, 2.75) is 12.5 Å². The molecule has 0 radical (unpaired) electrons. The number of aromatic amines is 1. The maximum absolute atomic E-state index is 10.6.